The van der Waals surface area contributed by atoms with E-state index in [1.165, 1.54) is 0 Å². The van der Waals surface area contributed by atoms with Crippen LogP contribution in [0.3, 0.4) is 0 Å². The van der Waals surface area contributed by atoms with Gasteiger partial charge < -0.3 is 15.2 Å². The minimum absolute atomic E-state index is 0.0617. The van der Waals surface area contributed by atoms with Gasteiger partial charge in [0.15, 0.2) is 0 Å². The number of rotatable bonds is 6. The third-order valence-electron chi connectivity index (χ3n) is 2.96. The van der Waals surface area contributed by atoms with E-state index in [4.69, 9.17) is 9.84 Å². The Morgan fingerprint density at radius 1 is 1.05 bits per heavy atom. The van der Waals surface area contributed by atoms with Gasteiger partial charge in [0.2, 0.25) is 0 Å². The molecule has 0 atom stereocenters. The summed E-state index contributed by atoms with van der Waals surface area (Å²) in [6.07, 6.45) is 0.0617. The number of carbonyl (C=O) groups is 1. The molecule has 0 amide bonds. The van der Waals surface area contributed by atoms with Crippen molar-refractivity contribution >= 4 is 11.7 Å². The highest BCUT2D eigenvalue weighted by Gasteiger charge is 2.00. The Bertz CT molecular complexity index is 561. The van der Waals surface area contributed by atoms with Crippen LogP contribution in [0.2, 0.25) is 0 Å². The Labute approximate surface area is 118 Å². The molecule has 104 valence electrons. The Hall–Kier alpha value is -2.49. The SMILES string of the molecule is COc1ccc(NCc2ccc(CC(=O)O)cc2)cc1. The van der Waals surface area contributed by atoms with Crippen LogP contribution in [0.1, 0.15) is 11.1 Å². The summed E-state index contributed by atoms with van der Waals surface area (Å²) < 4.78 is 5.10. The van der Waals surface area contributed by atoms with Gasteiger partial charge in [0.05, 0.1) is 13.5 Å². The van der Waals surface area contributed by atoms with E-state index in [2.05, 4.69) is 5.32 Å². The molecule has 20 heavy (non-hydrogen) atoms. The molecule has 4 heteroatoms. The molecule has 0 saturated carbocycles. The molecule has 0 radical (unpaired) electrons. The van der Waals surface area contributed by atoms with E-state index in [-0.39, 0.29) is 6.42 Å². The molecule has 0 bridgehead atoms. The number of carboxylic acid groups (broad SMARTS) is 1. The fraction of sp³-hybridized carbons (Fsp3) is 0.188. The summed E-state index contributed by atoms with van der Waals surface area (Å²) in [5.74, 6) is 0.0164. The molecule has 0 aliphatic heterocycles. The van der Waals surface area contributed by atoms with E-state index in [1.54, 1.807) is 7.11 Å². The second kappa shape index (κ2) is 6.61. The van der Waals surface area contributed by atoms with E-state index in [9.17, 15) is 4.79 Å². The van der Waals surface area contributed by atoms with E-state index in [1.807, 2.05) is 48.5 Å². The number of nitrogens with one attached hydrogen (secondary N) is 1. The zero-order valence-corrected chi connectivity index (χ0v) is 11.3. The van der Waals surface area contributed by atoms with Crippen LogP contribution in [0, 0.1) is 0 Å². The summed E-state index contributed by atoms with van der Waals surface area (Å²) in [6.45, 7) is 0.694. The number of hydrogen-bond acceptors (Lipinski definition) is 3. The first-order valence-corrected chi connectivity index (χ1v) is 6.35. The van der Waals surface area contributed by atoms with Crippen LogP contribution in [0.4, 0.5) is 5.69 Å². The molecule has 0 fully saturated rings. The predicted molar refractivity (Wildman–Crippen MR) is 78.1 cm³/mol. The van der Waals surface area contributed by atoms with Crippen molar-refractivity contribution in [1.29, 1.82) is 0 Å². The summed E-state index contributed by atoms with van der Waals surface area (Å²) in [5.41, 5.74) is 2.93. The molecule has 0 spiro atoms. The number of benzene rings is 2. The molecule has 0 aliphatic rings. The maximum Gasteiger partial charge on any atom is 0.307 e. The summed E-state index contributed by atoms with van der Waals surface area (Å²) in [4.78, 5) is 10.6. The highest BCUT2D eigenvalue weighted by Crippen LogP contribution is 2.16. The second-order valence-electron chi connectivity index (χ2n) is 4.47. The van der Waals surface area contributed by atoms with Gasteiger partial charge in [0, 0.05) is 12.2 Å². The van der Waals surface area contributed by atoms with Crippen molar-refractivity contribution in [3.05, 3.63) is 59.7 Å². The smallest absolute Gasteiger partial charge is 0.307 e. The summed E-state index contributed by atoms with van der Waals surface area (Å²) in [7, 11) is 1.64. The van der Waals surface area contributed by atoms with Gasteiger partial charge >= 0.3 is 5.97 Å². The van der Waals surface area contributed by atoms with Crippen molar-refractivity contribution < 1.29 is 14.6 Å². The lowest BCUT2D eigenvalue weighted by Gasteiger charge is -2.08. The van der Waals surface area contributed by atoms with E-state index >= 15 is 0 Å². The van der Waals surface area contributed by atoms with E-state index in [0.717, 1.165) is 22.6 Å². The van der Waals surface area contributed by atoms with Crippen molar-refractivity contribution in [3.8, 4) is 5.75 Å². The Kier molecular flexibility index (Phi) is 4.60. The van der Waals surface area contributed by atoms with Gasteiger partial charge in [-0.05, 0) is 35.4 Å². The number of aliphatic carboxylic acids is 1. The number of methoxy groups -OCH3 is 1. The lowest BCUT2D eigenvalue weighted by molar-refractivity contribution is -0.136. The van der Waals surface area contributed by atoms with Crippen molar-refractivity contribution in [2.45, 2.75) is 13.0 Å². The minimum Gasteiger partial charge on any atom is -0.497 e. The standard InChI is InChI=1S/C16H17NO3/c1-20-15-8-6-14(7-9-15)17-11-13-4-2-12(3-5-13)10-16(18)19/h2-9,17H,10-11H2,1H3,(H,18,19). The zero-order valence-electron chi connectivity index (χ0n) is 11.3. The van der Waals surface area contributed by atoms with E-state index in [0.29, 0.717) is 6.54 Å². The summed E-state index contributed by atoms with van der Waals surface area (Å²) in [6, 6.07) is 15.3. The number of carboxylic acids is 1. The van der Waals surface area contributed by atoms with Crippen LogP contribution < -0.4 is 10.1 Å². The molecule has 2 aromatic rings. The van der Waals surface area contributed by atoms with Crippen LogP contribution in [0.5, 0.6) is 5.75 Å². The monoisotopic (exact) mass is 271 g/mol. The molecule has 4 nitrogen and oxygen atoms in total. The average molecular weight is 271 g/mol. The van der Waals surface area contributed by atoms with Crippen LogP contribution in [0.15, 0.2) is 48.5 Å². The minimum atomic E-state index is -0.811. The zero-order chi connectivity index (χ0) is 14.4. The molecule has 2 aromatic carbocycles. The quantitative estimate of drug-likeness (QED) is 0.848. The maximum atomic E-state index is 10.6. The highest BCUT2D eigenvalue weighted by atomic mass is 16.5. The van der Waals surface area contributed by atoms with Crippen LogP contribution in [-0.2, 0) is 17.8 Å². The first-order valence-electron chi connectivity index (χ1n) is 6.35. The maximum absolute atomic E-state index is 10.6. The molecule has 2 N–H and O–H groups in total. The predicted octanol–water partition coefficient (Wildman–Crippen LogP) is 2.93. The molecule has 0 unspecified atom stereocenters. The van der Waals surface area contributed by atoms with Gasteiger partial charge in [-0.25, -0.2) is 0 Å². The van der Waals surface area contributed by atoms with Crippen LogP contribution in [0.25, 0.3) is 0 Å². The highest BCUT2D eigenvalue weighted by molar-refractivity contribution is 5.70. The van der Waals surface area contributed by atoms with Crippen molar-refractivity contribution in [2.75, 3.05) is 12.4 Å². The molecular formula is C16H17NO3. The van der Waals surface area contributed by atoms with Crippen molar-refractivity contribution in [3.63, 3.8) is 0 Å². The van der Waals surface area contributed by atoms with Crippen LogP contribution in [-0.4, -0.2) is 18.2 Å². The first-order chi connectivity index (χ1) is 9.67. The topological polar surface area (TPSA) is 58.6 Å². The Morgan fingerprint density at radius 2 is 1.65 bits per heavy atom. The summed E-state index contributed by atoms with van der Waals surface area (Å²) >= 11 is 0. The molecule has 0 aliphatic carbocycles. The fourth-order valence-corrected chi connectivity index (χ4v) is 1.86. The first kappa shape index (κ1) is 13.9. The Morgan fingerprint density at radius 3 is 2.20 bits per heavy atom. The third kappa shape index (κ3) is 4.02. The lowest BCUT2D eigenvalue weighted by atomic mass is 10.1. The van der Waals surface area contributed by atoms with Crippen molar-refractivity contribution in [1.82, 2.24) is 0 Å². The van der Waals surface area contributed by atoms with Crippen molar-refractivity contribution in [2.24, 2.45) is 0 Å². The van der Waals surface area contributed by atoms with Gasteiger partial charge in [-0.15, -0.1) is 0 Å². The van der Waals surface area contributed by atoms with Gasteiger partial charge in [0.1, 0.15) is 5.75 Å². The van der Waals surface area contributed by atoms with Gasteiger partial charge in [-0.3, -0.25) is 4.79 Å². The molecule has 0 aromatic heterocycles. The largest absolute Gasteiger partial charge is 0.497 e. The van der Waals surface area contributed by atoms with E-state index < -0.39 is 5.97 Å². The van der Waals surface area contributed by atoms with Crippen LogP contribution >= 0.6 is 0 Å². The molecule has 0 saturated heterocycles. The molecule has 2 rings (SSSR count). The second-order valence-corrected chi connectivity index (χ2v) is 4.47. The van der Waals surface area contributed by atoms with Gasteiger partial charge in [0.25, 0.3) is 0 Å². The van der Waals surface area contributed by atoms with Gasteiger partial charge in [-0.1, -0.05) is 24.3 Å². The average Bonchev–Trinajstić information content (AvgIpc) is 2.46. The summed E-state index contributed by atoms with van der Waals surface area (Å²) in [5, 5.41) is 12.0. The molecule has 0 heterocycles. The molecular weight excluding hydrogens is 254 g/mol. The third-order valence-corrected chi connectivity index (χ3v) is 2.96. The Balaban J connectivity index is 1.91. The number of hydrogen-bond donors (Lipinski definition) is 2. The normalized spacial score (nSPS) is 10.1. The van der Waals surface area contributed by atoms with Gasteiger partial charge in [-0.2, -0.15) is 0 Å². The lowest BCUT2D eigenvalue weighted by Crippen LogP contribution is -2.02. The number of anilines is 1. The fourth-order valence-electron chi connectivity index (χ4n) is 1.86. The number of ether oxygens (including phenoxy) is 1.